The first-order chi connectivity index (χ1) is 9.36. The average molecular weight is 278 g/mol. The Labute approximate surface area is 122 Å². The van der Waals surface area contributed by atoms with Gasteiger partial charge in [0.25, 0.3) is 0 Å². The van der Waals surface area contributed by atoms with Crippen molar-refractivity contribution in [3.63, 3.8) is 0 Å². The first kappa shape index (κ1) is 16.7. The lowest BCUT2D eigenvalue weighted by atomic mass is 9.87. The molecule has 0 saturated heterocycles. The standard InChI is InChI=1S/C16H26N2O2/c1-16(2,3)13-6-8-14(9-7-13)18(4)15(19)12-17-10-11-20-5/h6-9,17H,10-12H2,1-5H3. The fourth-order valence-corrected chi connectivity index (χ4v) is 1.82. The molecule has 0 bridgehead atoms. The van der Waals surface area contributed by atoms with Crippen molar-refractivity contribution in [1.82, 2.24) is 5.32 Å². The molecule has 0 atom stereocenters. The molecule has 4 heteroatoms. The maximum atomic E-state index is 12.0. The Kier molecular flexibility index (Phi) is 6.17. The second kappa shape index (κ2) is 7.41. The van der Waals surface area contributed by atoms with Gasteiger partial charge in [-0.2, -0.15) is 0 Å². The number of rotatable bonds is 6. The lowest BCUT2D eigenvalue weighted by Gasteiger charge is -2.22. The number of anilines is 1. The minimum atomic E-state index is 0.0459. The lowest BCUT2D eigenvalue weighted by Crippen LogP contribution is -2.36. The van der Waals surface area contributed by atoms with Crippen LogP contribution < -0.4 is 10.2 Å². The fraction of sp³-hybridized carbons (Fsp3) is 0.562. The van der Waals surface area contributed by atoms with Crippen LogP contribution in [-0.2, 0) is 14.9 Å². The Morgan fingerprint density at radius 2 is 1.85 bits per heavy atom. The molecule has 20 heavy (non-hydrogen) atoms. The van der Waals surface area contributed by atoms with Gasteiger partial charge in [-0.15, -0.1) is 0 Å². The monoisotopic (exact) mass is 278 g/mol. The molecule has 1 aromatic carbocycles. The zero-order valence-electron chi connectivity index (χ0n) is 13.2. The summed E-state index contributed by atoms with van der Waals surface area (Å²) < 4.78 is 4.93. The van der Waals surface area contributed by atoms with E-state index in [4.69, 9.17) is 4.74 Å². The molecule has 4 nitrogen and oxygen atoms in total. The van der Waals surface area contributed by atoms with Crippen molar-refractivity contribution in [3.05, 3.63) is 29.8 Å². The van der Waals surface area contributed by atoms with Gasteiger partial charge in [0.15, 0.2) is 0 Å². The van der Waals surface area contributed by atoms with Gasteiger partial charge in [-0.25, -0.2) is 0 Å². The van der Waals surface area contributed by atoms with Crippen molar-refractivity contribution in [1.29, 1.82) is 0 Å². The van der Waals surface area contributed by atoms with Crippen LogP contribution in [0.5, 0.6) is 0 Å². The van der Waals surface area contributed by atoms with Gasteiger partial charge in [0.2, 0.25) is 5.91 Å². The molecule has 0 heterocycles. The van der Waals surface area contributed by atoms with Crippen molar-refractivity contribution in [2.24, 2.45) is 0 Å². The van der Waals surface area contributed by atoms with E-state index in [-0.39, 0.29) is 11.3 Å². The second-order valence-corrected chi connectivity index (χ2v) is 5.92. The molecule has 1 rings (SSSR count). The Morgan fingerprint density at radius 1 is 1.25 bits per heavy atom. The molecule has 1 N–H and O–H groups in total. The maximum absolute atomic E-state index is 12.0. The summed E-state index contributed by atoms with van der Waals surface area (Å²) in [5, 5.41) is 3.06. The maximum Gasteiger partial charge on any atom is 0.240 e. The summed E-state index contributed by atoms with van der Waals surface area (Å²) >= 11 is 0. The molecule has 0 unspecified atom stereocenters. The van der Waals surface area contributed by atoms with E-state index in [1.807, 2.05) is 12.1 Å². The third kappa shape index (κ3) is 4.94. The molecule has 0 spiro atoms. The fourth-order valence-electron chi connectivity index (χ4n) is 1.82. The lowest BCUT2D eigenvalue weighted by molar-refractivity contribution is -0.117. The third-order valence-electron chi connectivity index (χ3n) is 3.25. The minimum absolute atomic E-state index is 0.0459. The molecule has 112 valence electrons. The van der Waals surface area contributed by atoms with E-state index >= 15 is 0 Å². The third-order valence-corrected chi connectivity index (χ3v) is 3.25. The number of methoxy groups -OCH3 is 1. The van der Waals surface area contributed by atoms with Crippen LogP contribution in [0.3, 0.4) is 0 Å². The van der Waals surface area contributed by atoms with Gasteiger partial charge < -0.3 is 15.0 Å². The second-order valence-electron chi connectivity index (χ2n) is 5.92. The summed E-state index contributed by atoms with van der Waals surface area (Å²) in [6, 6.07) is 8.15. The van der Waals surface area contributed by atoms with Crippen LogP contribution in [0.1, 0.15) is 26.3 Å². The van der Waals surface area contributed by atoms with E-state index in [9.17, 15) is 4.79 Å². The van der Waals surface area contributed by atoms with Crippen molar-refractivity contribution >= 4 is 11.6 Å². The molecule has 0 aliphatic heterocycles. The topological polar surface area (TPSA) is 41.6 Å². The highest BCUT2D eigenvalue weighted by atomic mass is 16.5. The van der Waals surface area contributed by atoms with Gasteiger partial charge in [-0.05, 0) is 23.1 Å². The van der Waals surface area contributed by atoms with E-state index in [1.165, 1.54) is 5.56 Å². The number of nitrogens with one attached hydrogen (secondary N) is 1. The molecule has 1 aromatic rings. The van der Waals surface area contributed by atoms with Gasteiger partial charge >= 0.3 is 0 Å². The Morgan fingerprint density at radius 3 is 2.35 bits per heavy atom. The molecule has 0 radical (unpaired) electrons. The number of carbonyl (C=O) groups is 1. The average Bonchev–Trinajstić information content (AvgIpc) is 2.41. The first-order valence-electron chi connectivity index (χ1n) is 6.93. The van der Waals surface area contributed by atoms with E-state index in [1.54, 1.807) is 19.1 Å². The van der Waals surface area contributed by atoms with Gasteiger partial charge in [0, 0.05) is 26.4 Å². The van der Waals surface area contributed by atoms with Gasteiger partial charge in [-0.3, -0.25) is 4.79 Å². The van der Waals surface area contributed by atoms with Crippen molar-refractivity contribution in [3.8, 4) is 0 Å². The van der Waals surface area contributed by atoms with Crippen LogP contribution in [0.25, 0.3) is 0 Å². The van der Waals surface area contributed by atoms with Crippen LogP contribution in [0.15, 0.2) is 24.3 Å². The number of carbonyl (C=O) groups excluding carboxylic acids is 1. The first-order valence-corrected chi connectivity index (χ1v) is 6.93. The number of ether oxygens (including phenoxy) is 1. The molecule has 0 aromatic heterocycles. The number of hydrogen-bond donors (Lipinski definition) is 1. The normalized spacial score (nSPS) is 11.4. The molecule has 1 amide bonds. The van der Waals surface area contributed by atoms with Gasteiger partial charge in [0.1, 0.15) is 0 Å². The predicted octanol–water partition coefficient (Wildman–Crippen LogP) is 2.18. The van der Waals surface area contributed by atoms with Crippen molar-refractivity contribution in [2.45, 2.75) is 26.2 Å². The van der Waals surface area contributed by atoms with Crippen LogP contribution in [0, 0.1) is 0 Å². The number of benzene rings is 1. The number of amides is 1. The van der Waals surface area contributed by atoms with E-state index in [0.29, 0.717) is 19.7 Å². The smallest absolute Gasteiger partial charge is 0.240 e. The zero-order valence-corrected chi connectivity index (χ0v) is 13.2. The highest BCUT2D eigenvalue weighted by molar-refractivity contribution is 5.94. The number of likely N-dealkylation sites (N-methyl/N-ethyl adjacent to an activating group) is 1. The van der Waals surface area contributed by atoms with E-state index < -0.39 is 0 Å². The van der Waals surface area contributed by atoms with Crippen LogP contribution in [0.2, 0.25) is 0 Å². The Hall–Kier alpha value is -1.39. The van der Waals surface area contributed by atoms with E-state index in [0.717, 1.165) is 5.69 Å². The Bertz CT molecular complexity index is 421. The molecule has 0 aliphatic rings. The highest BCUT2D eigenvalue weighted by Gasteiger charge is 2.15. The van der Waals surface area contributed by atoms with E-state index in [2.05, 4.69) is 38.2 Å². The van der Waals surface area contributed by atoms with Crippen LogP contribution in [0.4, 0.5) is 5.69 Å². The molecule has 0 saturated carbocycles. The minimum Gasteiger partial charge on any atom is -0.383 e. The van der Waals surface area contributed by atoms with Crippen LogP contribution >= 0.6 is 0 Å². The quantitative estimate of drug-likeness (QED) is 0.811. The van der Waals surface area contributed by atoms with Crippen LogP contribution in [-0.4, -0.2) is 39.8 Å². The molecule has 0 aliphatic carbocycles. The summed E-state index contributed by atoms with van der Waals surface area (Å²) in [4.78, 5) is 13.7. The van der Waals surface area contributed by atoms with Gasteiger partial charge in [0.05, 0.1) is 13.2 Å². The number of nitrogens with zero attached hydrogens (tertiary/aromatic N) is 1. The summed E-state index contributed by atoms with van der Waals surface area (Å²) in [6.07, 6.45) is 0. The van der Waals surface area contributed by atoms with Crippen molar-refractivity contribution in [2.75, 3.05) is 38.8 Å². The SMILES string of the molecule is COCCNCC(=O)N(C)c1ccc(C(C)(C)C)cc1. The molecule has 0 fully saturated rings. The highest BCUT2D eigenvalue weighted by Crippen LogP contribution is 2.24. The summed E-state index contributed by atoms with van der Waals surface area (Å²) in [7, 11) is 3.44. The largest absolute Gasteiger partial charge is 0.383 e. The summed E-state index contributed by atoms with van der Waals surface area (Å²) in [5.41, 5.74) is 2.31. The Balaban J connectivity index is 2.58. The molecular weight excluding hydrogens is 252 g/mol. The van der Waals surface area contributed by atoms with Gasteiger partial charge in [-0.1, -0.05) is 32.9 Å². The van der Waals surface area contributed by atoms with Crippen molar-refractivity contribution < 1.29 is 9.53 Å². The summed E-state index contributed by atoms with van der Waals surface area (Å²) in [5.74, 6) is 0.0459. The number of hydrogen-bond acceptors (Lipinski definition) is 3. The molecular formula is C16H26N2O2. The summed E-state index contributed by atoms with van der Waals surface area (Å²) in [6.45, 7) is 8.14. The predicted molar refractivity (Wildman–Crippen MR) is 83.3 cm³/mol. The zero-order chi connectivity index (χ0) is 15.2.